The second kappa shape index (κ2) is 11.6. The van der Waals surface area contributed by atoms with Crippen molar-refractivity contribution in [1.29, 1.82) is 0 Å². The van der Waals surface area contributed by atoms with E-state index in [0.29, 0.717) is 16.8 Å². The molecule has 0 saturated heterocycles. The molecule has 3 amide bonds. The standard InChI is InChI=1S/C25H26FN3O5.Na.H/c1-13-7-5-6-8-16(13)17-9-10-18(26)22(15(17)3)19(12-21(31)32)27-25(34)28-23-20(30)11-14(2)29(4)24(23)33;;/h5-11,19,23H,12H2,1-4H3,(H,31,32)(H2,27,28,34);;. The number of urea groups is 1. The van der Waals surface area contributed by atoms with Crippen molar-refractivity contribution in [2.75, 3.05) is 7.05 Å². The Balaban J connectivity index is 0.00000432. The maximum atomic E-state index is 15.0. The van der Waals surface area contributed by atoms with Crippen LogP contribution in [0.4, 0.5) is 9.18 Å². The Hall–Kier alpha value is -3.01. The number of benzene rings is 2. The zero-order valence-corrected chi connectivity index (χ0v) is 19.3. The molecule has 2 aromatic carbocycles. The molecular formula is C25H27FN3NaO5. The molecule has 10 heteroatoms. The number of amides is 3. The van der Waals surface area contributed by atoms with Gasteiger partial charge >= 0.3 is 41.6 Å². The second-order valence-electron chi connectivity index (χ2n) is 8.24. The van der Waals surface area contributed by atoms with E-state index in [9.17, 15) is 28.7 Å². The predicted octanol–water partition coefficient (Wildman–Crippen LogP) is 2.59. The molecule has 0 aliphatic carbocycles. The topological polar surface area (TPSA) is 116 Å². The average Bonchev–Trinajstić information content (AvgIpc) is 2.75. The fourth-order valence-electron chi connectivity index (χ4n) is 4.03. The molecule has 0 fully saturated rings. The molecule has 1 aliphatic heterocycles. The summed E-state index contributed by atoms with van der Waals surface area (Å²) in [6, 6.07) is 6.68. The quantitative estimate of drug-likeness (QED) is 0.424. The van der Waals surface area contributed by atoms with Crippen LogP contribution in [0.15, 0.2) is 48.2 Å². The van der Waals surface area contributed by atoms with Crippen molar-refractivity contribution < 1.29 is 28.7 Å². The van der Waals surface area contributed by atoms with Crippen molar-refractivity contribution in [2.24, 2.45) is 0 Å². The molecule has 35 heavy (non-hydrogen) atoms. The molecule has 2 unspecified atom stereocenters. The first kappa shape index (κ1) is 28.2. The molecule has 2 aromatic rings. The van der Waals surface area contributed by atoms with Gasteiger partial charge in [0, 0.05) is 24.4 Å². The number of halogens is 1. The summed E-state index contributed by atoms with van der Waals surface area (Å²) in [5.74, 6) is -3.16. The zero-order valence-electron chi connectivity index (χ0n) is 19.3. The van der Waals surface area contributed by atoms with E-state index in [1.807, 2.05) is 31.2 Å². The third-order valence-corrected chi connectivity index (χ3v) is 5.95. The molecule has 1 heterocycles. The van der Waals surface area contributed by atoms with Crippen LogP contribution in [0.25, 0.3) is 11.1 Å². The van der Waals surface area contributed by atoms with Gasteiger partial charge in [0.15, 0.2) is 11.8 Å². The molecule has 3 rings (SSSR count). The third kappa shape index (κ3) is 6.17. The second-order valence-corrected chi connectivity index (χ2v) is 8.24. The van der Waals surface area contributed by atoms with Gasteiger partial charge in [0.25, 0.3) is 5.91 Å². The summed E-state index contributed by atoms with van der Waals surface area (Å²) < 4.78 is 15.0. The summed E-state index contributed by atoms with van der Waals surface area (Å²) in [6.45, 7) is 5.15. The van der Waals surface area contributed by atoms with Gasteiger partial charge in [-0.3, -0.25) is 14.4 Å². The normalized spacial score (nSPS) is 16.2. The van der Waals surface area contributed by atoms with Crippen LogP contribution in [0.5, 0.6) is 0 Å². The van der Waals surface area contributed by atoms with E-state index < -0.39 is 48.0 Å². The van der Waals surface area contributed by atoms with Gasteiger partial charge in [-0.2, -0.15) is 0 Å². The number of nitrogens with zero attached hydrogens (tertiary/aromatic N) is 1. The maximum absolute atomic E-state index is 15.0. The van der Waals surface area contributed by atoms with Crippen LogP contribution in [0.3, 0.4) is 0 Å². The molecule has 0 saturated carbocycles. The van der Waals surface area contributed by atoms with Crippen LogP contribution in [0.2, 0.25) is 0 Å². The van der Waals surface area contributed by atoms with Crippen molar-refractivity contribution in [2.45, 2.75) is 39.3 Å². The van der Waals surface area contributed by atoms with Gasteiger partial charge in [0.1, 0.15) is 5.82 Å². The van der Waals surface area contributed by atoms with Gasteiger partial charge in [-0.25, -0.2) is 9.18 Å². The molecule has 2 atom stereocenters. The monoisotopic (exact) mass is 491 g/mol. The number of aryl methyl sites for hydroxylation is 1. The molecule has 0 spiro atoms. The fourth-order valence-corrected chi connectivity index (χ4v) is 4.03. The van der Waals surface area contributed by atoms with E-state index in [0.717, 1.165) is 11.1 Å². The summed E-state index contributed by atoms with van der Waals surface area (Å²) >= 11 is 0. The van der Waals surface area contributed by atoms with Crippen LogP contribution in [-0.2, 0) is 14.4 Å². The van der Waals surface area contributed by atoms with Crippen molar-refractivity contribution in [3.8, 4) is 11.1 Å². The molecule has 0 radical (unpaired) electrons. The molecule has 0 bridgehead atoms. The third-order valence-electron chi connectivity index (χ3n) is 5.95. The number of allylic oxidation sites excluding steroid dienone is 1. The summed E-state index contributed by atoms with van der Waals surface area (Å²) in [6.07, 6.45) is 0.629. The Bertz CT molecular complexity index is 1210. The van der Waals surface area contributed by atoms with Gasteiger partial charge < -0.3 is 20.6 Å². The minimum atomic E-state index is -1.46. The average molecular weight is 491 g/mol. The molecule has 1 aliphatic rings. The molecule has 8 nitrogen and oxygen atoms in total. The number of hydrogen-bond acceptors (Lipinski definition) is 4. The van der Waals surface area contributed by atoms with Crippen LogP contribution in [0, 0.1) is 19.7 Å². The van der Waals surface area contributed by atoms with Crippen molar-refractivity contribution in [3.63, 3.8) is 0 Å². The minimum absolute atomic E-state index is 0. The summed E-state index contributed by atoms with van der Waals surface area (Å²) in [5, 5.41) is 14.1. The number of nitrogens with one attached hydrogen (secondary N) is 2. The van der Waals surface area contributed by atoms with Gasteiger partial charge in [0.05, 0.1) is 12.5 Å². The summed E-state index contributed by atoms with van der Waals surface area (Å²) in [5.41, 5.74) is 3.43. The number of carboxylic acids is 1. The number of carboxylic acid groups (broad SMARTS) is 1. The van der Waals surface area contributed by atoms with E-state index in [2.05, 4.69) is 10.6 Å². The number of hydrogen-bond donors (Lipinski definition) is 3. The predicted molar refractivity (Wildman–Crippen MR) is 130 cm³/mol. The van der Waals surface area contributed by atoms with Crippen molar-refractivity contribution in [1.82, 2.24) is 15.5 Å². The van der Waals surface area contributed by atoms with Crippen LogP contribution < -0.4 is 10.6 Å². The van der Waals surface area contributed by atoms with Crippen molar-refractivity contribution >= 4 is 53.2 Å². The van der Waals surface area contributed by atoms with Gasteiger partial charge in [-0.1, -0.05) is 30.3 Å². The number of carbonyl (C=O) groups excluding carboxylic acids is 3. The first-order valence-electron chi connectivity index (χ1n) is 10.6. The first-order chi connectivity index (χ1) is 16.0. The molecule has 3 N–H and O–H groups in total. The zero-order chi connectivity index (χ0) is 25.2. The number of ketones is 1. The molecule has 0 aromatic heterocycles. The fraction of sp³-hybridized carbons (Fsp3) is 0.280. The Labute approximate surface area is 224 Å². The Morgan fingerprint density at radius 3 is 2.37 bits per heavy atom. The van der Waals surface area contributed by atoms with Crippen LogP contribution in [0.1, 0.15) is 36.1 Å². The van der Waals surface area contributed by atoms with E-state index in [-0.39, 0.29) is 35.1 Å². The van der Waals surface area contributed by atoms with E-state index in [1.54, 1.807) is 19.9 Å². The number of aliphatic carboxylic acids is 1. The van der Waals surface area contributed by atoms with E-state index >= 15 is 0 Å². The Morgan fingerprint density at radius 2 is 1.74 bits per heavy atom. The summed E-state index contributed by atoms with van der Waals surface area (Å²) in [7, 11) is 1.47. The van der Waals surface area contributed by atoms with Gasteiger partial charge in [0.2, 0.25) is 0 Å². The SMILES string of the molecule is CC1=CC(=O)C(NC(=O)NC(CC(=O)O)c2c(F)ccc(-c3ccccc3C)c2C)C(=O)N1C.[NaH]. The van der Waals surface area contributed by atoms with E-state index in [4.69, 9.17) is 0 Å². The van der Waals surface area contributed by atoms with Gasteiger partial charge in [-0.05, 0) is 49.1 Å². The van der Waals surface area contributed by atoms with Crippen molar-refractivity contribution in [3.05, 3.63) is 70.7 Å². The van der Waals surface area contributed by atoms with E-state index in [1.165, 1.54) is 24.1 Å². The van der Waals surface area contributed by atoms with Gasteiger partial charge in [-0.15, -0.1) is 0 Å². The first-order valence-corrected chi connectivity index (χ1v) is 10.6. The van der Waals surface area contributed by atoms with Crippen LogP contribution >= 0.6 is 0 Å². The van der Waals surface area contributed by atoms with Crippen LogP contribution in [-0.4, -0.2) is 76.3 Å². The molecule has 180 valence electrons. The number of likely N-dealkylation sites (N-methyl/N-ethyl adjacent to an activating group) is 1. The summed E-state index contributed by atoms with van der Waals surface area (Å²) in [4.78, 5) is 50.2. The molecular weight excluding hydrogens is 464 g/mol. The number of rotatable bonds is 6. The number of carbonyl (C=O) groups is 4. The Kier molecular flexibility index (Phi) is 9.37. The Morgan fingerprint density at radius 1 is 1.09 bits per heavy atom.